The summed E-state index contributed by atoms with van der Waals surface area (Å²) >= 11 is 5.15. The third-order valence-corrected chi connectivity index (χ3v) is 4.06. The van der Waals surface area contributed by atoms with E-state index in [1.165, 1.54) is 4.88 Å². The molecule has 0 amide bonds. The quantitative estimate of drug-likeness (QED) is 0.277. The monoisotopic (exact) mass is 495 g/mol. The first-order valence-corrected chi connectivity index (χ1v) is 8.30. The summed E-state index contributed by atoms with van der Waals surface area (Å²) in [7, 11) is 1.76. The third kappa shape index (κ3) is 6.97. The fraction of sp³-hybridized carbons (Fsp3) is 0.267. The van der Waals surface area contributed by atoms with Crippen molar-refractivity contribution in [3.8, 4) is 5.75 Å². The molecule has 0 bridgehead atoms. The van der Waals surface area contributed by atoms with Crippen LogP contribution in [0.25, 0.3) is 0 Å². The normalized spacial score (nSPS) is 10.7. The van der Waals surface area contributed by atoms with Crippen molar-refractivity contribution < 1.29 is 4.74 Å². The minimum Gasteiger partial charge on any atom is -0.492 e. The van der Waals surface area contributed by atoms with Gasteiger partial charge in [-0.3, -0.25) is 4.99 Å². The molecule has 0 atom stereocenters. The molecule has 2 aromatic rings. The van der Waals surface area contributed by atoms with Crippen LogP contribution in [0.1, 0.15) is 4.88 Å². The lowest BCUT2D eigenvalue weighted by Crippen LogP contribution is -2.38. The second-order valence-electron chi connectivity index (χ2n) is 4.24. The van der Waals surface area contributed by atoms with E-state index in [1.807, 2.05) is 30.3 Å². The van der Waals surface area contributed by atoms with Crippen molar-refractivity contribution in [3.63, 3.8) is 0 Å². The fourth-order valence-electron chi connectivity index (χ4n) is 1.70. The number of halogens is 2. The minimum absolute atomic E-state index is 0. The van der Waals surface area contributed by atoms with Gasteiger partial charge >= 0.3 is 0 Å². The van der Waals surface area contributed by atoms with Gasteiger partial charge < -0.3 is 15.4 Å². The van der Waals surface area contributed by atoms with Crippen molar-refractivity contribution in [2.45, 2.75) is 6.54 Å². The van der Waals surface area contributed by atoms with Gasteiger partial charge in [-0.25, -0.2) is 0 Å². The summed E-state index contributed by atoms with van der Waals surface area (Å²) in [6.07, 6.45) is 0. The van der Waals surface area contributed by atoms with Crippen LogP contribution in [-0.4, -0.2) is 26.2 Å². The summed E-state index contributed by atoms with van der Waals surface area (Å²) in [4.78, 5) is 5.46. The number of hydrogen-bond donors (Lipinski definition) is 2. The number of aliphatic imine (C=N–C) groups is 1. The molecule has 7 heteroatoms. The highest BCUT2D eigenvalue weighted by molar-refractivity contribution is 14.0. The lowest BCUT2D eigenvalue weighted by molar-refractivity contribution is 0.321. The van der Waals surface area contributed by atoms with Gasteiger partial charge in [-0.05, 0) is 29.6 Å². The first kappa shape index (κ1) is 19.2. The minimum atomic E-state index is 0. The Balaban J connectivity index is 0.00000242. The summed E-state index contributed by atoms with van der Waals surface area (Å²) in [5.74, 6) is 1.63. The van der Waals surface area contributed by atoms with E-state index in [1.54, 1.807) is 18.4 Å². The molecule has 1 aromatic heterocycles. The molecule has 22 heavy (non-hydrogen) atoms. The van der Waals surface area contributed by atoms with Crippen LogP contribution in [0, 0.1) is 0 Å². The largest absolute Gasteiger partial charge is 0.492 e. The van der Waals surface area contributed by atoms with E-state index in [0.717, 1.165) is 22.7 Å². The lowest BCUT2D eigenvalue weighted by Gasteiger charge is -2.12. The maximum atomic E-state index is 5.66. The molecule has 120 valence electrons. The Hall–Kier alpha value is -0.800. The first-order chi connectivity index (χ1) is 10.3. The van der Waals surface area contributed by atoms with Gasteiger partial charge in [-0.15, -0.1) is 35.3 Å². The van der Waals surface area contributed by atoms with Gasteiger partial charge in [0.05, 0.1) is 13.1 Å². The highest BCUT2D eigenvalue weighted by Crippen LogP contribution is 2.17. The van der Waals surface area contributed by atoms with Gasteiger partial charge in [-0.1, -0.05) is 28.1 Å². The van der Waals surface area contributed by atoms with Gasteiger partial charge in [0.1, 0.15) is 12.4 Å². The summed E-state index contributed by atoms with van der Waals surface area (Å²) in [6.45, 7) is 2.05. The second kappa shape index (κ2) is 10.8. The number of guanidine groups is 1. The molecule has 2 N–H and O–H groups in total. The zero-order valence-corrected chi connectivity index (χ0v) is 16.9. The molecule has 0 aliphatic rings. The summed E-state index contributed by atoms with van der Waals surface area (Å²) in [6, 6.07) is 12.0. The number of thiophene rings is 1. The lowest BCUT2D eigenvalue weighted by atomic mass is 10.3. The van der Waals surface area contributed by atoms with Crippen molar-refractivity contribution in [1.82, 2.24) is 10.6 Å². The van der Waals surface area contributed by atoms with Gasteiger partial charge in [0, 0.05) is 16.4 Å². The Morgan fingerprint density at radius 3 is 2.82 bits per heavy atom. The summed E-state index contributed by atoms with van der Waals surface area (Å²) < 4.78 is 6.67. The van der Waals surface area contributed by atoms with Crippen LogP contribution in [0.4, 0.5) is 0 Å². The molecule has 0 saturated heterocycles. The molecule has 0 spiro atoms. The molecule has 0 aliphatic heterocycles. The Bertz CT molecular complexity index is 578. The van der Waals surface area contributed by atoms with Crippen molar-refractivity contribution in [2.75, 3.05) is 20.2 Å². The van der Waals surface area contributed by atoms with E-state index in [0.29, 0.717) is 13.2 Å². The smallest absolute Gasteiger partial charge is 0.191 e. The van der Waals surface area contributed by atoms with Gasteiger partial charge in [0.25, 0.3) is 0 Å². The van der Waals surface area contributed by atoms with Gasteiger partial charge in [0.15, 0.2) is 5.96 Å². The van der Waals surface area contributed by atoms with Gasteiger partial charge in [0.2, 0.25) is 0 Å². The van der Waals surface area contributed by atoms with E-state index < -0.39 is 0 Å². The molecule has 0 saturated carbocycles. The van der Waals surface area contributed by atoms with Crippen molar-refractivity contribution in [2.24, 2.45) is 4.99 Å². The van der Waals surface area contributed by atoms with E-state index in [9.17, 15) is 0 Å². The molecule has 0 radical (unpaired) electrons. The molecular weight excluding hydrogens is 477 g/mol. The maximum absolute atomic E-state index is 5.66. The Morgan fingerprint density at radius 1 is 1.27 bits per heavy atom. The molecule has 4 nitrogen and oxygen atoms in total. The predicted molar refractivity (Wildman–Crippen MR) is 108 cm³/mol. The zero-order chi connectivity index (χ0) is 14.9. The highest BCUT2D eigenvalue weighted by atomic mass is 127. The number of ether oxygens (including phenoxy) is 1. The van der Waals surface area contributed by atoms with Crippen molar-refractivity contribution in [1.29, 1.82) is 0 Å². The molecule has 1 heterocycles. The topological polar surface area (TPSA) is 45.7 Å². The maximum Gasteiger partial charge on any atom is 0.191 e. The Kier molecular flexibility index (Phi) is 9.49. The first-order valence-electron chi connectivity index (χ1n) is 6.63. The van der Waals surface area contributed by atoms with Crippen LogP contribution < -0.4 is 15.4 Å². The van der Waals surface area contributed by atoms with E-state index >= 15 is 0 Å². The van der Waals surface area contributed by atoms with Crippen LogP contribution in [0.3, 0.4) is 0 Å². The van der Waals surface area contributed by atoms with Crippen molar-refractivity contribution in [3.05, 3.63) is 51.1 Å². The molecular formula is C15H19BrIN3OS. The standard InChI is InChI=1S/C15H18BrN3OS.HI/c1-17-15(19-11-14-6-3-9-21-14)18-7-8-20-13-5-2-4-12(16)10-13;/h2-6,9-10H,7-8,11H2,1H3,(H2,17,18,19);1H. The zero-order valence-electron chi connectivity index (χ0n) is 12.2. The molecule has 0 unspecified atom stereocenters. The van der Waals surface area contributed by atoms with Crippen molar-refractivity contribution >= 4 is 57.2 Å². The number of hydrogen-bond acceptors (Lipinski definition) is 3. The number of rotatable bonds is 6. The summed E-state index contributed by atoms with van der Waals surface area (Å²) in [5, 5.41) is 8.56. The Morgan fingerprint density at radius 2 is 2.14 bits per heavy atom. The van der Waals surface area contributed by atoms with Crippen LogP contribution in [-0.2, 0) is 6.54 Å². The van der Waals surface area contributed by atoms with Gasteiger partial charge in [-0.2, -0.15) is 0 Å². The molecule has 0 fully saturated rings. The van der Waals surface area contributed by atoms with Crippen LogP contribution in [0.5, 0.6) is 5.75 Å². The Labute approximate surface area is 160 Å². The molecule has 0 aliphatic carbocycles. The second-order valence-corrected chi connectivity index (χ2v) is 6.19. The fourth-order valence-corrected chi connectivity index (χ4v) is 2.72. The molecule has 2 rings (SSSR count). The average Bonchev–Trinajstić information content (AvgIpc) is 3.00. The molecule has 1 aromatic carbocycles. The number of benzene rings is 1. The number of nitrogens with one attached hydrogen (secondary N) is 2. The SMILES string of the molecule is CN=C(NCCOc1cccc(Br)c1)NCc1cccs1.I. The van der Waals surface area contributed by atoms with Crippen LogP contribution in [0.2, 0.25) is 0 Å². The number of nitrogens with zero attached hydrogens (tertiary/aromatic N) is 1. The summed E-state index contributed by atoms with van der Waals surface area (Å²) in [5.41, 5.74) is 0. The highest BCUT2D eigenvalue weighted by Gasteiger charge is 1.99. The van der Waals surface area contributed by atoms with E-state index in [-0.39, 0.29) is 24.0 Å². The van der Waals surface area contributed by atoms with E-state index in [4.69, 9.17) is 4.74 Å². The van der Waals surface area contributed by atoms with E-state index in [2.05, 4.69) is 43.0 Å². The third-order valence-electron chi connectivity index (χ3n) is 2.69. The van der Waals surface area contributed by atoms with Crippen LogP contribution >= 0.6 is 51.2 Å². The predicted octanol–water partition coefficient (Wildman–Crippen LogP) is 3.87. The average molecular weight is 496 g/mol. The van der Waals surface area contributed by atoms with Crippen LogP contribution in [0.15, 0.2) is 51.2 Å².